The van der Waals surface area contributed by atoms with Gasteiger partial charge in [0.15, 0.2) is 0 Å². The van der Waals surface area contributed by atoms with Gasteiger partial charge in [-0.05, 0) is 44.0 Å². The van der Waals surface area contributed by atoms with E-state index >= 15 is 0 Å². The second-order valence-electron chi connectivity index (χ2n) is 7.36. The second kappa shape index (κ2) is 8.69. The monoisotopic (exact) mass is 390 g/mol. The van der Waals surface area contributed by atoms with Crippen molar-refractivity contribution in [1.29, 1.82) is 0 Å². The molecule has 3 heterocycles. The van der Waals surface area contributed by atoms with Gasteiger partial charge in [-0.3, -0.25) is 4.90 Å². The normalized spacial score (nSPS) is 21.7. The minimum atomic E-state index is 0.231. The van der Waals surface area contributed by atoms with Gasteiger partial charge in [0.05, 0.1) is 25.3 Å². The fraction of sp³-hybridized carbons (Fsp3) is 0.600. The van der Waals surface area contributed by atoms with E-state index in [0.29, 0.717) is 17.6 Å². The van der Waals surface area contributed by atoms with E-state index in [2.05, 4.69) is 9.80 Å². The lowest BCUT2D eigenvalue weighted by Gasteiger charge is -2.35. The van der Waals surface area contributed by atoms with Gasteiger partial charge in [-0.25, -0.2) is 9.97 Å². The van der Waals surface area contributed by atoms with Crippen LogP contribution < -0.4 is 4.90 Å². The minimum Gasteiger partial charge on any atom is -0.396 e. The number of aromatic nitrogens is 2. The van der Waals surface area contributed by atoms with Crippen molar-refractivity contribution in [2.45, 2.75) is 38.3 Å². The topological polar surface area (TPSA) is 61.7 Å². The van der Waals surface area contributed by atoms with E-state index < -0.39 is 0 Å². The lowest BCUT2D eigenvalue weighted by Crippen LogP contribution is -2.40. The van der Waals surface area contributed by atoms with Crippen molar-refractivity contribution in [3.63, 3.8) is 0 Å². The first kappa shape index (κ1) is 18.9. The molecular weight excluding hydrogens is 364 g/mol. The minimum absolute atomic E-state index is 0.231. The molecular formula is C20H27ClN4O2. The number of aliphatic hydroxyl groups is 1. The van der Waals surface area contributed by atoms with E-state index in [9.17, 15) is 5.11 Å². The maximum Gasteiger partial charge on any atom is 0.145 e. The van der Waals surface area contributed by atoms with Crippen molar-refractivity contribution in [1.82, 2.24) is 14.9 Å². The third kappa shape index (κ3) is 4.35. The van der Waals surface area contributed by atoms with Crippen LogP contribution in [0.5, 0.6) is 0 Å². The van der Waals surface area contributed by atoms with E-state index in [1.807, 2.05) is 18.2 Å². The predicted molar refractivity (Wildman–Crippen MR) is 107 cm³/mol. The first-order valence-electron chi connectivity index (χ1n) is 9.88. The summed E-state index contributed by atoms with van der Waals surface area (Å²) in [6.45, 7) is 5.10. The lowest BCUT2D eigenvalue weighted by molar-refractivity contribution is 0.109. The van der Waals surface area contributed by atoms with Crippen molar-refractivity contribution in [3.05, 3.63) is 29.0 Å². The summed E-state index contributed by atoms with van der Waals surface area (Å²) in [5.41, 5.74) is 0.893. The van der Waals surface area contributed by atoms with Crippen molar-refractivity contribution in [2.75, 3.05) is 44.4 Å². The third-order valence-corrected chi connectivity index (χ3v) is 5.79. The zero-order valence-electron chi connectivity index (χ0n) is 15.6. The van der Waals surface area contributed by atoms with Gasteiger partial charge in [0.1, 0.15) is 11.6 Å². The van der Waals surface area contributed by atoms with E-state index in [1.165, 1.54) is 12.8 Å². The molecule has 2 aliphatic rings. The highest BCUT2D eigenvalue weighted by atomic mass is 35.5. The molecule has 0 saturated carbocycles. The zero-order valence-corrected chi connectivity index (χ0v) is 16.4. The van der Waals surface area contributed by atoms with Crippen LogP contribution in [0.15, 0.2) is 18.2 Å². The Morgan fingerprint density at radius 1 is 1.15 bits per heavy atom. The summed E-state index contributed by atoms with van der Waals surface area (Å²) in [4.78, 5) is 14.5. The van der Waals surface area contributed by atoms with Gasteiger partial charge in [0, 0.05) is 36.1 Å². The number of ether oxygens (including phenoxy) is 1. The highest BCUT2D eigenvalue weighted by molar-refractivity contribution is 6.31. The molecule has 0 bridgehead atoms. The van der Waals surface area contributed by atoms with E-state index in [0.717, 1.165) is 68.2 Å². The molecule has 146 valence electrons. The molecule has 1 aromatic heterocycles. The van der Waals surface area contributed by atoms with E-state index in [4.69, 9.17) is 26.3 Å². The first-order valence-corrected chi connectivity index (χ1v) is 10.3. The molecule has 6 nitrogen and oxygen atoms in total. The highest BCUT2D eigenvalue weighted by Gasteiger charge is 2.24. The Morgan fingerprint density at radius 2 is 2.00 bits per heavy atom. The Bertz CT molecular complexity index is 780. The molecule has 27 heavy (non-hydrogen) atoms. The molecule has 1 N–H and O–H groups in total. The molecule has 1 aromatic carbocycles. The summed E-state index contributed by atoms with van der Waals surface area (Å²) in [7, 11) is 0. The van der Waals surface area contributed by atoms with Crippen molar-refractivity contribution >= 4 is 28.3 Å². The number of anilines is 1. The number of nitrogens with zero attached hydrogens (tertiary/aromatic N) is 4. The summed E-state index contributed by atoms with van der Waals surface area (Å²) < 4.78 is 5.51. The molecule has 7 heteroatoms. The SMILES string of the molecule is OCCC1CCCCN1Cc1nc(N2CCOCC2)c2ccc(Cl)cc2n1. The van der Waals surface area contributed by atoms with Crippen LogP contribution in [0, 0.1) is 0 Å². The molecule has 0 amide bonds. The second-order valence-corrected chi connectivity index (χ2v) is 7.79. The Hall–Kier alpha value is -1.47. The van der Waals surface area contributed by atoms with Gasteiger partial charge in [0.2, 0.25) is 0 Å². The smallest absolute Gasteiger partial charge is 0.145 e. The summed E-state index contributed by atoms with van der Waals surface area (Å²) in [6, 6.07) is 6.25. The summed E-state index contributed by atoms with van der Waals surface area (Å²) in [5.74, 6) is 1.81. The zero-order chi connectivity index (χ0) is 18.6. The molecule has 0 aliphatic carbocycles. The van der Waals surface area contributed by atoms with Crippen LogP contribution in [0.4, 0.5) is 5.82 Å². The summed E-state index contributed by atoms with van der Waals surface area (Å²) in [5, 5.41) is 11.1. The van der Waals surface area contributed by atoms with Crippen LogP contribution in [0.2, 0.25) is 5.02 Å². The van der Waals surface area contributed by atoms with Crippen molar-refractivity contribution in [3.8, 4) is 0 Å². The molecule has 1 unspecified atom stereocenters. The van der Waals surface area contributed by atoms with Crippen LogP contribution in [0.1, 0.15) is 31.5 Å². The highest BCUT2D eigenvalue weighted by Crippen LogP contribution is 2.28. The number of likely N-dealkylation sites (tertiary alicyclic amines) is 1. The van der Waals surface area contributed by atoms with Crippen molar-refractivity contribution in [2.24, 2.45) is 0 Å². The number of hydrogen-bond acceptors (Lipinski definition) is 6. The molecule has 1 atom stereocenters. The molecule has 2 fully saturated rings. The number of fused-ring (bicyclic) bond motifs is 1. The van der Waals surface area contributed by atoms with Crippen molar-refractivity contribution < 1.29 is 9.84 Å². The fourth-order valence-corrected chi connectivity index (χ4v) is 4.31. The van der Waals surface area contributed by atoms with Gasteiger partial charge in [-0.2, -0.15) is 0 Å². The number of rotatable bonds is 5. The third-order valence-electron chi connectivity index (χ3n) is 5.55. The Balaban J connectivity index is 1.67. The number of morpholine rings is 1. The van der Waals surface area contributed by atoms with Gasteiger partial charge in [0.25, 0.3) is 0 Å². The standard InChI is InChI=1S/C20H27ClN4O2/c21-15-4-5-17-18(13-15)22-19(23-20(17)24-8-11-27-12-9-24)14-25-7-2-1-3-16(25)6-10-26/h4-5,13,16,26H,1-3,6-12,14H2. The van der Waals surface area contributed by atoms with Gasteiger partial charge in [-0.15, -0.1) is 0 Å². The predicted octanol–water partition coefficient (Wildman–Crippen LogP) is 2.86. The summed E-state index contributed by atoms with van der Waals surface area (Å²) >= 11 is 6.23. The number of halogens is 1. The van der Waals surface area contributed by atoms with Crippen LogP contribution in [-0.2, 0) is 11.3 Å². The number of benzene rings is 1. The Labute approximate surface area is 165 Å². The summed E-state index contributed by atoms with van der Waals surface area (Å²) in [6.07, 6.45) is 4.37. The maximum absolute atomic E-state index is 9.40. The van der Waals surface area contributed by atoms with Gasteiger partial charge >= 0.3 is 0 Å². The quantitative estimate of drug-likeness (QED) is 0.847. The Morgan fingerprint density at radius 3 is 2.81 bits per heavy atom. The average Bonchev–Trinajstić information content (AvgIpc) is 2.69. The van der Waals surface area contributed by atoms with Gasteiger partial charge in [-0.1, -0.05) is 18.0 Å². The lowest BCUT2D eigenvalue weighted by atomic mass is 9.99. The fourth-order valence-electron chi connectivity index (χ4n) is 4.15. The van der Waals surface area contributed by atoms with Crippen LogP contribution in [0.3, 0.4) is 0 Å². The molecule has 2 aromatic rings. The van der Waals surface area contributed by atoms with Crippen LogP contribution in [0.25, 0.3) is 10.9 Å². The Kier molecular flexibility index (Phi) is 6.08. The molecule has 0 radical (unpaired) electrons. The molecule has 2 saturated heterocycles. The van der Waals surface area contributed by atoms with Gasteiger partial charge < -0.3 is 14.7 Å². The molecule has 0 spiro atoms. The van der Waals surface area contributed by atoms with E-state index in [1.54, 1.807) is 0 Å². The van der Waals surface area contributed by atoms with Crippen LogP contribution >= 0.6 is 11.6 Å². The number of aliphatic hydroxyl groups excluding tert-OH is 1. The molecule has 4 rings (SSSR count). The molecule has 2 aliphatic heterocycles. The maximum atomic E-state index is 9.40. The van der Waals surface area contributed by atoms with E-state index in [-0.39, 0.29) is 6.61 Å². The average molecular weight is 391 g/mol. The number of hydrogen-bond donors (Lipinski definition) is 1. The first-order chi connectivity index (χ1) is 13.2. The van der Waals surface area contributed by atoms with Crippen LogP contribution in [-0.4, -0.2) is 65.5 Å². The largest absolute Gasteiger partial charge is 0.396 e. The number of piperidine rings is 1.